The van der Waals surface area contributed by atoms with Crippen molar-refractivity contribution >= 4 is 0 Å². The van der Waals surface area contributed by atoms with Crippen LogP contribution in [0.5, 0.6) is 0 Å². The molecule has 1 aromatic carbocycles. The summed E-state index contributed by atoms with van der Waals surface area (Å²) in [6.07, 6.45) is 5.50. The Bertz CT molecular complexity index is 427. The van der Waals surface area contributed by atoms with E-state index >= 15 is 0 Å². The van der Waals surface area contributed by atoms with Gasteiger partial charge in [-0.25, -0.2) is 0 Å². The Morgan fingerprint density at radius 2 is 2.00 bits per heavy atom. The lowest BCUT2D eigenvalue weighted by atomic mass is 10.00. The monoisotopic (exact) mass is 274 g/mol. The van der Waals surface area contributed by atoms with E-state index in [-0.39, 0.29) is 0 Å². The maximum absolute atomic E-state index is 3.51. The van der Waals surface area contributed by atoms with E-state index in [1.807, 2.05) is 0 Å². The minimum absolute atomic E-state index is 0.440. The first-order valence-electron chi connectivity index (χ1n) is 8.10. The molecule has 1 fully saturated rings. The zero-order valence-corrected chi connectivity index (χ0v) is 13.6. The van der Waals surface area contributed by atoms with Gasteiger partial charge < -0.3 is 5.32 Å². The van der Waals surface area contributed by atoms with Gasteiger partial charge in [-0.05, 0) is 63.9 Å². The van der Waals surface area contributed by atoms with Crippen molar-refractivity contribution in [1.29, 1.82) is 0 Å². The van der Waals surface area contributed by atoms with Crippen LogP contribution < -0.4 is 5.32 Å². The summed E-state index contributed by atoms with van der Waals surface area (Å²) in [6, 6.07) is 8.04. The summed E-state index contributed by atoms with van der Waals surface area (Å²) in [5, 5.41) is 3.51. The number of rotatable bonds is 4. The smallest absolute Gasteiger partial charge is 0.0447 e. The van der Waals surface area contributed by atoms with E-state index in [4.69, 9.17) is 0 Å². The molecule has 0 radical (unpaired) electrons. The third-order valence-corrected chi connectivity index (χ3v) is 4.89. The molecule has 112 valence electrons. The van der Waals surface area contributed by atoms with Crippen molar-refractivity contribution in [3.05, 3.63) is 34.9 Å². The van der Waals surface area contributed by atoms with Crippen LogP contribution in [0.3, 0.4) is 0 Å². The van der Waals surface area contributed by atoms with E-state index in [1.165, 1.54) is 48.9 Å². The van der Waals surface area contributed by atoms with E-state index in [9.17, 15) is 0 Å². The number of aryl methyl sites for hydroxylation is 2. The maximum Gasteiger partial charge on any atom is 0.0447 e. The van der Waals surface area contributed by atoms with Crippen molar-refractivity contribution < 1.29 is 0 Å². The number of nitrogens with zero attached hydrogens (tertiary/aromatic N) is 1. The zero-order chi connectivity index (χ0) is 14.5. The highest BCUT2D eigenvalue weighted by molar-refractivity contribution is 5.31. The van der Waals surface area contributed by atoms with Crippen LogP contribution in [0.4, 0.5) is 0 Å². The van der Waals surface area contributed by atoms with Gasteiger partial charge in [-0.3, -0.25) is 4.90 Å². The zero-order valence-electron chi connectivity index (χ0n) is 13.6. The van der Waals surface area contributed by atoms with Crippen molar-refractivity contribution in [2.24, 2.45) is 0 Å². The van der Waals surface area contributed by atoms with Gasteiger partial charge in [-0.2, -0.15) is 0 Å². The van der Waals surface area contributed by atoms with Gasteiger partial charge in [0.15, 0.2) is 0 Å². The number of likely N-dealkylation sites (tertiary alicyclic amines) is 1. The van der Waals surface area contributed by atoms with Gasteiger partial charge in [0.25, 0.3) is 0 Å². The molecule has 2 rings (SSSR count). The normalized spacial score (nSPS) is 22.5. The Labute approximate surface area is 124 Å². The SMILES string of the molecule is CNC(CN1CCCCCC1C)c1ccc(C)c(C)c1. The highest BCUT2D eigenvalue weighted by Crippen LogP contribution is 2.22. The molecule has 2 atom stereocenters. The number of nitrogens with one attached hydrogen (secondary N) is 1. The Kier molecular flexibility index (Phi) is 5.62. The van der Waals surface area contributed by atoms with Crippen LogP contribution in [0.2, 0.25) is 0 Å². The fourth-order valence-corrected chi connectivity index (χ4v) is 3.18. The molecule has 2 nitrogen and oxygen atoms in total. The second-order valence-corrected chi connectivity index (χ2v) is 6.38. The van der Waals surface area contributed by atoms with Crippen molar-refractivity contribution in [2.75, 3.05) is 20.1 Å². The number of hydrogen-bond donors (Lipinski definition) is 1. The summed E-state index contributed by atoms with van der Waals surface area (Å²) in [5.41, 5.74) is 4.20. The van der Waals surface area contributed by atoms with Crippen LogP contribution in [0, 0.1) is 13.8 Å². The molecular formula is C18H30N2. The summed E-state index contributed by atoms with van der Waals surface area (Å²) < 4.78 is 0. The second kappa shape index (κ2) is 7.24. The van der Waals surface area contributed by atoms with Crippen molar-refractivity contribution in [1.82, 2.24) is 10.2 Å². The molecule has 2 heteroatoms. The van der Waals surface area contributed by atoms with Crippen molar-refractivity contribution in [3.8, 4) is 0 Å². The molecule has 1 aromatic rings. The standard InChI is InChI=1S/C18H30N2/c1-14-9-10-17(12-15(14)2)18(19-4)13-20-11-7-5-6-8-16(20)3/h9-10,12,16,18-19H,5-8,11,13H2,1-4H3. The molecule has 0 aliphatic carbocycles. The molecule has 0 amide bonds. The Balaban J connectivity index is 2.09. The third-order valence-electron chi connectivity index (χ3n) is 4.89. The van der Waals surface area contributed by atoms with Crippen LogP contribution in [0.15, 0.2) is 18.2 Å². The van der Waals surface area contributed by atoms with Crippen LogP contribution in [0.1, 0.15) is 55.3 Å². The molecule has 0 bridgehead atoms. The number of benzene rings is 1. The molecule has 0 aromatic heterocycles. The average Bonchev–Trinajstić information content (AvgIpc) is 2.64. The minimum Gasteiger partial charge on any atom is -0.312 e. The molecule has 1 heterocycles. The van der Waals surface area contributed by atoms with Crippen molar-refractivity contribution in [2.45, 2.75) is 58.5 Å². The third kappa shape index (κ3) is 3.83. The summed E-state index contributed by atoms with van der Waals surface area (Å²) in [4.78, 5) is 2.67. The van der Waals surface area contributed by atoms with Gasteiger partial charge in [-0.1, -0.05) is 31.0 Å². The number of likely N-dealkylation sites (N-methyl/N-ethyl adjacent to an activating group) is 1. The lowest BCUT2D eigenvalue weighted by molar-refractivity contribution is 0.193. The van der Waals surface area contributed by atoms with Gasteiger partial charge in [0, 0.05) is 18.6 Å². The van der Waals surface area contributed by atoms with Gasteiger partial charge in [-0.15, -0.1) is 0 Å². The first-order valence-corrected chi connectivity index (χ1v) is 8.10. The van der Waals surface area contributed by atoms with Gasteiger partial charge in [0.2, 0.25) is 0 Å². The first kappa shape index (κ1) is 15.5. The minimum atomic E-state index is 0.440. The molecule has 1 saturated heterocycles. The Morgan fingerprint density at radius 1 is 1.20 bits per heavy atom. The molecular weight excluding hydrogens is 244 g/mol. The van der Waals surface area contributed by atoms with Crippen LogP contribution in [-0.4, -0.2) is 31.1 Å². The molecule has 1 N–H and O–H groups in total. The lowest BCUT2D eigenvalue weighted by Gasteiger charge is -2.31. The van der Waals surface area contributed by atoms with Crippen LogP contribution in [-0.2, 0) is 0 Å². The number of hydrogen-bond acceptors (Lipinski definition) is 2. The largest absolute Gasteiger partial charge is 0.312 e. The second-order valence-electron chi connectivity index (χ2n) is 6.38. The average molecular weight is 274 g/mol. The van der Waals surface area contributed by atoms with Crippen LogP contribution >= 0.6 is 0 Å². The van der Waals surface area contributed by atoms with Gasteiger partial charge in [0.05, 0.1) is 0 Å². The predicted molar refractivity (Wildman–Crippen MR) is 87.2 cm³/mol. The first-order chi connectivity index (χ1) is 9.61. The molecule has 0 saturated carbocycles. The van der Waals surface area contributed by atoms with Crippen LogP contribution in [0.25, 0.3) is 0 Å². The van der Waals surface area contributed by atoms with Crippen molar-refractivity contribution in [3.63, 3.8) is 0 Å². The molecule has 0 spiro atoms. The topological polar surface area (TPSA) is 15.3 Å². The lowest BCUT2D eigenvalue weighted by Crippen LogP contribution is -2.39. The summed E-state index contributed by atoms with van der Waals surface area (Å²) in [5.74, 6) is 0. The summed E-state index contributed by atoms with van der Waals surface area (Å²) in [7, 11) is 2.09. The van der Waals surface area contributed by atoms with Gasteiger partial charge in [0.1, 0.15) is 0 Å². The molecule has 2 unspecified atom stereocenters. The van der Waals surface area contributed by atoms with E-state index in [1.54, 1.807) is 0 Å². The molecule has 1 aliphatic rings. The van der Waals surface area contributed by atoms with E-state index in [0.717, 1.165) is 12.6 Å². The Morgan fingerprint density at radius 3 is 2.70 bits per heavy atom. The molecule has 1 aliphatic heterocycles. The fraction of sp³-hybridized carbons (Fsp3) is 0.667. The van der Waals surface area contributed by atoms with Gasteiger partial charge >= 0.3 is 0 Å². The highest BCUT2D eigenvalue weighted by atomic mass is 15.2. The Hall–Kier alpha value is -0.860. The molecule has 20 heavy (non-hydrogen) atoms. The van der Waals surface area contributed by atoms with E-state index in [2.05, 4.69) is 56.2 Å². The fourth-order valence-electron chi connectivity index (χ4n) is 3.18. The maximum atomic E-state index is 3.51. The van der Waals surface area contributed by atoms with E-state index < -0.39 is 0 Å². The van der Waals surface area contributed by atoms with E-state index in [0.29, 0.717) is 6.04 Å². The highest BCUT2D eigenvalue weighted by Gasteiger charge is 2.21. The quantitative estimate of drug-likeness (QED) is 0.897. The predicted octanol–water partition coefficient (Wildman–Crippen LogP) is 3.83. The summed E-state index contributed by atoms with van der Waals surface area (Å²) in [6.45, 7) is 9.16. The summed E-state index contributed by atoms with van der Waals surface area (Å²) >= 11 is 0.